The third-order valence-corrected chi connectivity index (χ3v) is 6.46. The minimum atomic E-state index is -0.0426. The van der Waals surface area contributed by atoms with Gasteiger partial charge >= 0.3 is 0 Å². The van der Waals surface area contributed by atoms with Gasteiger partial charge in [0.1, 0.15) is 0 Å². The van der Waals surface area contributed by atoms with Gasteiger partial charge in [-0.05, 0) is 44.4 Å². The van der Waals surface area contributed by atoms with Crippen LogP contribution in [0.4, 0.5) is 0 Å². The van der Waals surface area contributed by atoms with E-state index in [1.807, 2.05) is 44.2 Å². The number of ether oxygens (including phenoxy) is 1. The third kappa shape index (κ3) is 5.28. The summed E-state index contributed by atoms with van der Waals surface area (Å²) in [5.41, 5.74) is 3.34. The van der Waals surface area contributed by atoms with Crippen LogP contribution in [-0.2, 0) is 17.8 Å². The number of carbonyl (C=O) groups excluding carboxylic acids is 1. The lowest BCUT2D eigenvalue weighted by atomic mass is 10.1. The van der Waals surface area contributed by atoms with Crippen molar-refractivity contribution in [1.29, 1.82) is 0 Å². The van der Waals surface area contributed by atoms with Gasteiger partial charge in [-0.3, -0.25) is 14.2 Å². The second-order valence-electron chi connectivity index (χ2n) is 8.19. The molecule has 31 heavy (non-hydrogen) atoms. The monoisotopic (exact) mass is 441 g/mol. The molecular formula is C24H31N3O3S. The molecule has 0 saturated carbocycles. The van der Waals surface area contributed by atoms with Crippen LogP contribution in [0.25, 0.3) is 10.9 Å². The summed E-state index contributed by atoms with van der Waals surface area (Å²) in [7, 11) is 1.67. The fraction of sp³-hybridized carbons (Fsp3) is 0.458. The molecule has 0 aliphatic carbocycles. The second-order valence-corrected chi connectivity index (χ2v) is 9.13. The van der Waals surface area contributed by atoms with Gasteiger partial charge in [0.2, 0.25) is 0 Å². The minimum absolute atomic E-state index is 0.0413. The molecule has 0 atom stereocenters. The van der Waals surface area contributed by atoms with E-state index in [1.54, 1.807) is 11.7 Å². The Bertz CT molecular complexity index is 1130. The van der Waals surface area contributed by atoms with Gasteiger partial charge < -0.3 is 9.30 Å². The van der Waals surface area contributed by atoms with E-state index < -0.39 is 0 Å². The molecule has 2 aromatic heterocycles. The topological polar surface area (TPSA) is 66.1 Å². The fourth-order valence-electron chi connectivity index (χ4n) is 3.66. The van der Waals surface area contributed by atoms with Gasteiger partial charge in [-0.2, -0.15) is 0 Å². The molecule has 0 saturated heterocycles. The number of para-hydroxylation sites is 1. The Morgan fingerprint density at radius 2 is 1.90 bits per heavy atom. The van der Waals surface area contributed by atoms with Gasteiger partial charge in [-0.15, -0.1) is 0 Å². The zero-order valence-corrected chi connectivity index (χ0v) is 19.8. The number of aryl methyl sites for hydroxylation is 1. The molecule has 0 bridgehead atoms. The average Bonchev–Trinajstić information content (AvgIpc) is 3.03. The van der Waals surface area contributed by atoms with Crippen molar-refractivity contribution >= 4 is 28.4 Å². The lowest BCUT2D eigenvalue weighted by molar-refractivity contribution is 0.102. The summed E-state index contributed by atoms with van der Waals surface area (Å²) in [4.78, 5) is 30.8. The summed E-state index contributed by atoms with van der Waals surface area (Å²) in [6.07, 6.45) is 0.877. The van der Waals surface area contributed by atoms with E-state index in [2.05, 4.69) is 18.4 Å². The Labute approximate surface area is 187 Å². The number of aromatic nitrogens is 3. The van der Waals surface area contributed by atoms with Crippen LogP contribution in [0.3, 0.4) is 0 Å². The van der Waals surface area contributed by atoms with Gasteiger partial charge in [0.15, 0.2) is 10.9 Å². The van der Waals surface area contributed by atoms with Gasteiger partial charge in [0, 0.05) is 37.2 Å². The van der Waals surface area contributed by atoms with Crippen molar-refractivity contribution < 1.29 is 9.53 Å². The predicted molar refractivity (Wildman–Crippen MR) is 126 cm³/mol. The lowest BCUT2D eigenvalue weighted by Gasteiger charge is -2.14. The van der Waals surface area contributed by atoms with Crippen LogP contribution >= 0.6 is 11.8 Å². The highest BCUT2D eigenvalue weighted by molar-refractivity contribution is 7.99. The van der Waals surface area contributed by atoms with Crippen molar-refractivity contribution in [3.05, 3.63) is 57.6 Å². The van der Waals surface area contributed by atoms with E-state index in [-0.39, 0.29) is 17.1 Å². The molecule has 3 rings (SSSR count). The molecule has 7 heteroatoms. The van der Waals surface area contributed by atoms with E-state index in [9.17, 15) is 9.59 Å². The Balaban J connectivity index is 1.87. The normalized spacial score (nSPS) is 11.5. The van der Waals surface area contributed by atoms with Crippen molar-refractivity contribution in [1.82, 2.24) is 14.1 Å². The molecule has 1 aromatic carbocycles. The summed E-state index contributed by atoms with van der Waals surface area (Å²) >= 11 is 1.34. The number of carbonyl (C=O) groups is 1. The van der Waals surface area contributed by atoms with Crippen LogP contribution in [0.15, 0.2) is 40.3 Å². The van der Waals surface area contributed by atoms with Gasteiger partial charge in [0.25, 0.3) is 5.56 Å². The smallest absolute Gasteiger partial charge is 0.262 e. The number of thioether (sulfide) groups is 1. The Hall–Kier alpha value is -2.38. The molecule has 0 spiro atoms. The van der Waals surface area contributed by atoms with Crippen molar-refractivity contribution in [3.8, 4) is 0 Å². The molecule has 0 amide bonds. The highest BCUT2D eigenvalue weighted by atomic mass is 32.2. The van der Waals surface area contributed by atoms with Crippen molar-refractivity contribution in [2.24, 2.45) is 5.92 Å². The first-order valence-corrected chi connectivity index (χ1v) is 11.6. The molecule has 0 unspecified atom stereocenters. The first kappa shape index (κ1) is 23.3. The predicted octanol–water partition coefficient (Wildman–Crippen LogP) is 4.48. The molecular weight excluding hydrogens is 410 g/mol. The quantitative estimate of drug-likeness (QED) is 0.264. The molecule has 3 aromatic rings. The molecule has 6 nitrogen and oxygen atoms in total. The fourth-order valence-corrected chi connectivity index (χ4v) is 4.57. The minimum Gasteiger partial charge on any atom is -0.383 e. The molecule has 0 radical (unpaired) electrons. The summed E-state index contributed by atoms with van der Waals surface area (Å²) in [6.45, 7) is 10.1. The maximum absolute atomic E-state index is 13.1. The highest BCUT2D eigenvalue weighted by Gasteiger charge is 2.18. The number of fused-ring (bicyclic) bond motifs is 1. The van der Waals surface area contributed by atoms with E-state index in [0.717, 1.165) is 29.9 Å². The standard InChI is InChI=1S/C24H31N3O3S/c1-16(2)10-11-27-23(29)19-8-6-7-9-21(19)25-24(27)31-15-22(28)20-14-17(3)26(18(20)4)12-13-30-5/h6-9,14,16H,10-13,15H2,1-5H3. The van der Waals surface area contributed by atoms with Crippen LogP contribution in [0.2, 0.25) is 0 Å². The zero-order valence-electron chi connectivity index (χ0n) is 19.0. The number of ketones is 1. The van der Waals surface area contributed by atoms with Crippen LogP contribution in [-0.4, -0.2) is 39.4 Å². The SMILES string of the molecule is COCCn1c(C)cc(C(=O)CSc2nc3ccccc3c(=O)n2CCC(C)C)c1C. The van der Waals surface area contributed by atoms with E-state index in [0.29, 0.717) is 35.1 Å². The zero-order chi connectivity index (χ0) is 22.5. The third-order valence-electron chi connectivity index (χ3n) is 5.48. The van der Waals surface area contributed by atoms with Gasteiger partial charge in [-0.25, -0.2) is 4.98 Å². The van der Waals surface area contributed by atoms with Crippen molar-refractivity contribution in [2.45, 2.75) is 52.4 Å². The Morgan fingerprint density at radius 1 is 1.16 bits per heavy atom. The van der Waals surface area contributed by atoms with Gasteiger partial charge in [0.05, 0.1) is 23.3 Å². The van der Waals surface area contributed by atoms with Crippen LogP contribution in [0.1, 0.15) is 42.0 Å². The number of methoxy groups -OCH3 is 1. The number of Topliss-reactive ketones (excluding diaryl/α,β-unsaturated/α-hetero) is 1. The van der Waals surface area contributed by atoms with E-state index >= 15 is 0 Å². The lowest BCUT2D eigenvalue weighted by Crippen LogP contribution is -2.24. The largest absolute Gasteiger partial charge is 0.383 e. The Morgan fingerprint density at radius 3 is 2.61 bits per heavy atom. The average molecular weight is 442 g/mol. The number of rotatable bonds is 10. The summed E-state index contributed by atoms with van der Waals surface area (Å²) in [5, 5.41) is 1.22. The molecule has 0 aliphatic heterocycles. The van der Waals surface area contributed by atoms with E-state index in [1.165, 1.54) is 11.8 Å². The summed E-state index contributed by atoms with van der Waals surface area (Å²) in [5.74, 6) is 0.746. The maximum Gasteiger partial charge on any atom is 0.262 e. The molecule has 0 fully saturated rings. The van der Waals surface area contributed by atoms with Gasteiger partial charge in [-0.1, -0.05) is 37.7 Å². The number of benzene rings is 1. The van der Waals surface area contributed by atoms with Crippen molar-refractivity contribution in [3.63, 3.8) is 0 Å². The molecule has 0 N–H and O–H groups in total. The summed E-state index contributed by atoms with van der Waals surface area (Å²) in [6, 6.07) is 9.33. The number of nitrogens with zero attached hydrogens (tertiary/aromatic N) is 3. The first-order valence-electron chi connectivity index (χ1n) is 10.6. The first-order chi connectivity index (χ1) is 14.8. The Kier molecular flexibility index (Phi) is 7.73. The second kappa shape index (κ2) is 10.3. The van der Waals surface area contributed by atoms with Crippen LogP contribution in [0.5, 0.6) is 0 Å². The molecule has 166 valence electrons. The maximum atomic E-state index is 13.1. The number of hydrogen-bond donors (Lipinski definition) is 0. The van der Waals surface area contributed by atoms with E-state index in [4.69, 9.17) is 9.72 Å². The molecule has 2 heterocycles. The summed E-state index contributed by atoms with van der Waals surface area (Å²) < 4.78 is 9.01. The van der Waals surface area contributed by atoms with Crippen LogP contribution in [0, 0.1) is 19.8 Å². The van der Waals surface area contributed by atoms with Crippen molar-refractivity contribution in [2.75, 3.05) is 19.5 Å². The van der Waals surface area contributed by atoms with Crippen LogP contribution < -0.4 is 5.56 Å². The molecule has 0 aliphatic rings. The highest BCUT2D eigenvalue weighted by Crippen LogP contribution is 2.22. The number of hydrogen-bond acceptors (Lipinski definition) is 5.